The van der Waals surface area contributed by atoms with Gasteiger partial charge in [0.2, 0.25) is 0 Å². The fraction of sp³-hybridized carbons (Fsp3) is 0.385. The van der Waals surface area contributed by atoms with Gasteiger partial charge in [-0.1, -0.05) is 26.0 Å². The quantitative estimate of drug-likeness (QED) is 0.382. The molecule has 0 bridgehead atoms. The van der Waals surface area contributed by atoms with Gasteiger partial charge in [0, 0.05) is 24.2 Å². The Balaban J connectivity index is 1.69. The summed E-state index contributed by atoms with van der Waals surface area (Å²) in [7, 11) is 0. The molecule has 9 heteroatoms. The van der Waals surface area contributed by atoms with Gasteiger partial charge in [-0.3, -0.25) is 9.69 Å². The van der Waals surface area contributed by atoms with E-state index in [1.807, 2.05) is 30.9 Å². The van der Waals surface area contributed by atoms with E-state index in [1.165, 1.54) is 12.1 Å². The van der Waals surface area contributed by atoms with Crippen LogP contribution in [0, 0.1) is 25.6 Å². The number of hydrogen-bond donors (Lipinski definition) is 2. The van der Waals surface area contributed by atoms with E-state index in [2.05, 4.69) is 40.4 Å². The standard InChI is InChI=1S/C26H31FN6O2/c1-16(2)24(25-29-30-31-33(25)14-19-5-7-22(27)8-6-19)32(9-10-34)15-21-13-20-11-17(3)18(4)12-23(20)28-26(21)35/h5-8,11-13,16,24,34H,9-10,14-15H2,1-4H3,(H,28,35). The van der Waals surface area contributed by atoms with Crippen molar-refractivity contribution in [3.63, 3.8) is 0 Å². The third-order valence-corrected chi connectivity index (χ3v) is 6.39. The Morgan fingerprint density at radius 2 is 1.83 bits per heavy atom. The summed E-state index contributed by atoms with van der Waals surface area (Å²) in [6.45, 7) is 9.16. The molecule has 8 nitrogen and oxygen atoms in total. The highest BCUT2D eigenvalue weighted by Gasteiger charge is 2.29. The molecule has 0 saturated heterocycles. The number of tetrazole rings is 1. The van der Waals surface area contributed by atoms with Crippen LogP contribution in [-0.2, 0) is 13.1 Å². The minimum absolute atomic E-state index is 0.0768. The molecule has 1 unspecified atom stereocenters. The van der Waals surface area contributed by atoms with Crippen LogP contribution in [0.3, 0.4) is 0 Å². The van der Waals surface area contributed by atoms with E-state index in [0.29, 0.717) is 31.0 Å². The molecule has 4 aromatic rings. The third kappa shape index (κ3) is 5.47. The molecule has 0 amide bonds. The first-order valence-corrected chi connectivity index (χ1v) is 11.8. The second kappa shape index (κ2) is 10.5. The minimum Gasteiger partial charge on any atom is -0.395 e. The van der Waals surface area contributed by atoms with Gasteiger partial charge in [-0.25, -0.2) is 9.07 Å². The van der Waals surface area contributed by atoms with Crippen LogP contribution in [0.5, 0.6) is 0 Å². The van der Waals surface area contributed by atoms with Crippen molar-refractivity contribution in [3.8, 4) is 0 Å². The third-order valence-electron chi connectivity index (χ3n) is 6.39. The topological polar surface area (TPSA) is 99.9 Å². The number of aryl methyl sites for hydroxylation is 2. The molecular weight excluding hydrogens is 447 g/mol. The molecule has 184 valence electrons. The van der Waals surface area contributed by atoms with Gasteiger partial charge in [-0.05, 0) is 82.6 Å². The van der Waals surface area contributed by atoms with Crippen molar-refractivity contribution in [2.24, 2.45) is 5.92 Å². The number of H-pyrrole nitrogens is 1. The zero-order valence-corrected chi connectivity index (χ0v) is 20.5. The molecule has 0 radical (unpaired) electrons. The second-order valence-corrected chi connectivity index (χ2v) is 9.35. The number of aromatic amines is 1. The van der Waals surface area contributed by atoms with E-state index in [-0.39, 0.29) is 29.9 Å². The van der Waals surface area contributed by atoms with Crippen molar-refractivity contribution in [3.05, 3.63) is 86.7 Å². The maximum Gasteiger partial charge on any atom is 0.252 e. The number of fused-ring (bicyclic) bond motifs is 1. The van der Waals surface area contributed by atoms with E-state index in [0.717, 1.165) is 27.6 Å². The largest absolute Gasteiger partial charge is 0.395 e. The van der Waals surface area contributed by atoms with E-state index in [4.69, 9.17) is 0 Å². The van der Waals surface area contributed by atoms with Crippen molar-refractivity contribution < 1.29 is 9.50 Å². The number of benzene rings is 2. The highest BCUT2D eigenvalue weighted by Crippen LogP contribution is 2.29. The SMILES string of the molecule is Cc1cc2cc(CN(CCO)C(c3nnnn3Cc3ccc(F)cc3)C(C)C)c(=O)[nH]c2cc1C. The molecule has 35 heavy (non-hydrogen) atoms. The van der Waals surface area contributed by atoms with E-state index < -0.39 is 0 Å². The Hall–Kier alpha value is -3.43. The summed E-state index contributed by atoms with van der Waals surface area (Å²) in [6.07, 6.45) is 0. The molecule has 2 N–H and O–H groups in total. The number of aliphatic hydroxyl groups excluding tert-OH is 1. The first-order valence-electron chi connectivity index (χ1n) is 11.8. The lowest BCUT2D eigenvalue weighted by molar-refractivity contribution is 0.106. The van der Waals surface area contributed by atoms with Gasteiger partial charge < -0.3 is 10.1 Å². The van der Waals surface area contributed by atoms with Gasteiger partial charge in [0.05, 0.1) is 19.2 Å². The van der Waals surface area contributed by atoms with Crippen molar-refractivity contribution in [2.45, 2.75) is 46.8 Å². The predicted molar refractivity (Wildman–Crippen MR) is 132 cm³/mol. The van der Waals surface area contributed by atoms with E-state index >= 15 is 0 Å². The van der Waals surface area contributed by atoms with Gasteiger partial charge in [-0.15, -0.1) is 5.10 Å². The van der Waals surface area contributed by atoms with Gasteiger partial charge in [0.15, 0.2) is 5.82 Å². The molecule has 1 atom stereocenters. The summed E-state index contributed by atoms with van der Waals surface area (Å²) in [6, 6.07) is 11.9. The summed E-state index contributed by atoms with van der Waals surface area (Å²) in [4.78, 5) is 18.0. The van der Waals surface area contributed by atoms with Gasteiger partial charge in [-0.2, -0.15) is 0 Å². The molecule has 0 spiro atoms. The lowest BCUT2D eigenvalue weighted by Gasteiger charge is -2.33. The van der Waals surface area contributed by atoms with Crippen molar-refractivity contribution in [1.82, 2.24) is 30.1 Å². The maximum absolute atomic E-state index is 13.3. The van der Waals surface area contributed by atoms with Crippen LogP contribution in [0.4, 0.5) is 4.39 Å². The first-order chi connectivity index (χ1) is 16.8. The average molecular weight is 479 g/mol. The van der Waals surface area contributed by atoms with Crippen LogP contribution in [0.15, 0.2) is 47.3 Å². The zero-order valence-electron chi connectivity index (χ0n) is 20.5. The monoisotopic (exact) mass is 478 g/mol. The molecule has 0 aliphatic carbocycles. The average Bonchev–Trinajstić information content (AvgIpc) is 3.25. The fourth-order valence-corrected chi connectivity index (χ4v) is 4.49. The summed E-state index contributed by atoms with van der Waals surface area (Å²) in [5.74, 6) is 0.413. The minimum atomic E-state index is -0.300. The van der Waals surface area contributed by atoms with Crippen LogP contribution < -0.4 is 5.56 Å². The molecule has 0 aliphatic rings. The normalized spacial score (nSPS) is 12.7. The van der Waals surface area contributed by atoms with E-state index in [1.54, 1.807) is 16.8 Å². The fourth-order valence-electron chi connectivity index (χ4n) is 4.49. The van der Waals surface area contributed by atoms with Crippen LogP contribution in [0.2, 0.25) is 0 Å². The number of hydrogen-bond acceptors (Lipinski definition) is 6. The van der Waals surface area contributed by atoms with Gasteiger partial charge >= 0.3 is 0 Å². The van der Waals surface area contributed by atoms with E-state index in [9.17, 15) is 14.3 Å². The lowest BCUT2D eigenvalue weighted by Crippen LogP contribution is -2.37. The van der Waals surface area contributed by atoms with Crippen LogP contribution in [0.25, 0.3) is 10.9 Å². The Bertz CT molecular complexity index is 1360. The number of pyridine rings is 1. The zero-order chi connectivity index (χ0) is 25.1. The molecule has 0 fully saturated rings. The van der Waals surface area contributed by atoms with Gasteiger partial charge in [0.1, 0.15) is 5.82 Å². The number of nitrogens with one attached hydrogen (secondary N) is 1. The molecule has 2 aromatic heterocycles. The summed E-state index contributed by atoms with van der Waals surface area (Å²) in [5, 5.41) is 23.2. The summed E-state index contributed by atoms with van der Waals surface area (Å²) in [5.41, 5.74) is 4.40. The first kappa shape index (κ1) is 24.7. The Labute approximate surface area is 203 Å². The number of aromatic nitrogens is 5. The molecule has 0 aliphatic heterocycles. The number of nitrogens with zero attached hydrogens (tertiary/aromatic N) is 5. The maximum atomic E-state index is 13.3. The molecule has 4 rings (SSSR count). The van der Waals surface area contributed by atoms with Crippen molar-refractivity contribution >= 4 is 10.9 Å². The highest BCUT2D eigenvalue weighted by atomic mass is 19.1. The van der Waals surface area contributed by atoms with Crippen molar-refractivity contribution in [2.75, 3.05) is 13.2 Å². The number of rotatable bonds is 9. The van der Waals surface area contributed by atoms with Crippen LogP contribution >= 0.6 is 0 Å². The van der Waals surface area contributed by atoms with Crippen LogP contribution in [-0.4, -0.2) is 48.3 Å². The number of halogens is 1. The molecule has 2 heterocycles. The smallest absolute Gasteiger partial charge is 0.252 e. The summed E-state index contributed by atoms with van der Waals surface area (Å²) >= 11 is 0. The number of aliphatic hydroxyl groups is 1. The summed E-state index contributed by atoms with van der Waals surface area (Å²) < 4.78 is 15.0. The Morgan fingerprint density at radius 1 is 1.11 bits per heavy atom. The van der Waals surface area contributed by atoms with Gasteiger partial charge in [0.25, 0.3) is 5.56 Å². The highest BCUT2D eigenvalue weighted by molar-refractivity contribution is 5.80. The van der Waals surface area contributed by atoms with Crippen LogP contribution in [0.1, 0.15) is 48.0 Å². The Kier molecular flexibility index (Phi) is 7.37. The predicted octanol–water partition coefficient (Wildman–Crippen LogP) is 3.51. The lowest BCUT2D eigenvalue weighted by atomic mass is 10.00. The molecule has 0 saturated carbocycles. The molecule has 2 aromatic carbocycles. The van der Waals surface area contributed by atoms with Crippen molar-refractivity contribution in [1.29, 1.82) is 0 Å². The second-order valence-electron chi connectivity index (χ2n) is 9.35. The Morgan fingerprint density at radius 3 is 2.51 bits per heavy atom. The molecular formula is C26H31FN6O2.